The number of nitrogens with one attached hydrogen (secondary N) is 1. The average Bonchev–Trinajstić information content (AvgIpc) is 2.17. The molecule has 0 heterocycles. The van der Waals surface area contributed by atoms with Crippen LogP contribution in [0.5, 0.6) is 0 Å². The van der Waals surface area contributed by atoms with Crippen LogP contribution < -0.4 is 5.32 Å². The standard InChI is InChI=1S/C12H18N2/c1-6-12(10(4)9(2)3)11(7-13)8-14-5/h8,12,14H,2,4,6H2,1,3,5H3/b11-8-. The molecular formula is C12H18N2. The fourth-order valence-electron chi connectivity index (χ4n) is 1.32. The minimum atomic E-state index is 0.0879. The summed E-state index contributed by atoms with van der Waals surface area (Å²) in [5.74, 6) is 0.0879. The number of rotatable bonds is 5. The summed E-state index contributed by atoms with van der Waals surface area (Å²) in [5, 5.41) is 11.8. The van der Waals surface area contributed by atoms with Gasteiger partial charge in [0.1, 0.15) is 0 Å². The van der Waals surface area contributed by atoms with E-state index in [9.17, 15) is 0 Å². The molecule has 0 spiro atoms. The molecule has 0 amide bonds. The maximum atomic E-state index is 8.96. The first kappa shape index (κ1) is 12.5. The van der Waals surface area contributed by atoms with Gasteiger partial charge in [0.25, 0.3) is 0 Å². The highest BCUT2D eigenvalue weighted by atomic mass is 14.8. The van der Waals surface area contributed by atoms with Crippen molar-refractivity contribution in [2.75, 3.05) is 7.05 Å². The van der Waals surface area contributed by atoms with Gasteiger partial charge >= 0.3 is 0 Å². The van der Waals surface area contributed by atoms with Gasteiger partial charge in [-0.3, -0.25) is 0 Å². The van der Waals surface area contributed by atoms with Crippen LogP contribution in [0.1, 0.15) is 20.3 Å². The topological polar surface area (TPSA) is 35.8 Å². The third-order valence-corrected chi connectivity index (χ3v) is 2.18. The quantitative estimate of drug-likeness (QED) is 0.534. The summed E-state index contributed by atoms with van der Waals surface area (Å²) in [7, 11) is 1.79. The van der Waals surface area contributed by atoms with Gasteiger partial charge in [-0.25, -0.2) is 0 Å². The monoisotopic (exact) mass is 190 g/mol. The van der Waals surface area contributed by atoms with Crippen molar-refractivity contribution >= 4 is 0 Å². The van der Waals surface area contributed by atoms with Crippen LogP contribution in [0, 0.1) is 17.2 Å². The Bertz CT molecular complexity index is 292. The fourth-order valence-corrected chi connectivity index (χ4v) is 1.32. The van der Waals surface area contributed by atoms with E-state index in [-0.39, 0.29) is 5.92 Å². The minimum absolute atomic E-state index is 0.0879. The molecule has 0 aromatic rings. The van der Waals surface area contributed by atoms with E-state index < -0.39 is 0 Å². The smallest absolute Gasteiger partial charge is 0.0968 e. The molecule has 0 aliphatic carbocycles. The number of allylic oxidation sites excluding steroid dienone is 3. The molecule has 0 fully saturated rings. The molecule has 0 aromatic carbocycles. The third-order valence-electron chi connectivity index (χ3n) is 2.18. The SMILES string of the molecule is C=C(C)C(=C)C(CC)/C(C#N)=C\NC. The Hall–Kier alpha value is -1.49. The molecule has 0 aliphatic heterocycles. The number of hydrogen-bond acceptors (Lipinski definition) is 2. The molecule has 2 nitrogen and oxygen atoms in total. The van der Waals surface area contributed by atoms with E-state index in [0.29, 0.717) is 5.57 Å². The molecule has 1 N–H and O–H groups in total. The van der Waals surface area contributed by atoms with Gasteiger partial charge < -0.3 is 5.32 Å². The van der Waals surface area contributed by atoms with Crippen LogP contribution in [-0.4, -0.2) is 7.05 Å². The molecule has 0 saturated heterocycles. The van der Waals surface area contributed by atoms with Crippen LogP contribution in [0.15, 0.2) is 36.1 Å². The molecule has 0 bridgehead atoms. The second-order valence-electron chi connectivity index (χ2n) is 3.27. The number of nitriles is 1. The van der Waals surface area contributed by atoms with Gasteiger partial charge in [-0.05, 0) is 18.9 Å². The Balaban J connectivity index is 4.89. The lowest BCUT2D eigenvalue weighted by atomic mass is 9.87. The largest absolute Gasteiger partial charge is 0.393 e. The lowest BCUT2D eigenvalue weighted by molar-refractivity contribution is 0.705. The number of hydrogen-bond donors (Lipinski definition) is 1. The van der Waals surface area contributed by atoms with Crippen molar-refractivity contribution in [3.8, 4) is 6.07 Å². The summed E-state index contributed by atoms with van der Waals surface area (Å²) < 4.78 is 0. The van der Waals surface area contributed by atoms with Crippen LogP contribution >= 0.6 is 0 Å². The Morgan fingerprint density at radius 3 is 2.43 bits per heavy atom. The Labute approximate surface area is 86.6 Å². The average molecular weight is 190 g/mol. The van der Waals surface area contributed by atoms with Crippen molar-refractivity contribution in [1.82, 2.24) is 5.32 Å². The van der Waals surface area contributed by atoms with Crippen LogP contribution in [0.3, 0.4) is 0 Å². The molecule has 0 aliphatic rings. The minimum Gasteiger partial charge on any atom is -0.393 e. The van der Waals surface area contributed by atoms with E-state index >= 15 is 0 Å². The van der Waals surface area contributed by atoms with E-state index in [4.69, 9.17) is 5.26 Å². The van der Waals surface area contributed by atoms with Crippen molar-refractivity contribution in [3.05, 3.63) is 36.1 Å². The zero-order chi connectivity index (χ0) is 11.1. The normalized spacial score (nSPS) is 12.9. The molecule has 2 heteroatoms. The summed E-state index contributed by atoms with van der Waals surface area (Å²) in [6.45, 7) is 11.8. The van der Waals surface area contributed by atoms with Gasteiger partial charge in [-0.2, -0.15) is 5.26 Å². The van der Waals surface area contributed by atoms with Crippen LogP contribution in [0.2, 0.25) is 0 Å². The molecule has 14 heavy (non-hydrogen) atoms. The summed E-state index contributed by atoms with van der Waals surface area (Å²) in [5.41, 5.74) is 2.59. The van der Waals surface area contributed by atoms with Gasteiger partial charge in [0, 0.05) is 19.2 Å². The maximum absolute atomic E-state index is 8.96. The predicted molar refractivity (Wildman–Crippen MR) is 60.5 cm³/mol. The highest BCUT2D eigenvalue weighted by molar-refractivity contribution is 5.37. The Morgan fingerprint density at radius 2 is 2.14 bits per heavy atom. The van der Waals surface area contributed by atoms with E-state index in [1.807, 2.05) is 13.8 Å². The molecule has 1 unspecified atom stereocenters. The molecule has 1 atom stereocenters. The van der Waals surface area contributed by atoms with Gasteiger partial charge in [-0.15, -0.1) is 0 Å². The highest BCUT2D eigenvalue weighted by Gasteiger charge is 2.15. The lowest BCUT2D eigenvalue weighted by Crippen LogP contribution is -2.08. The lowest BCUT2D eigenvalue weighted by Gasteiger charge is -2.16. The third kappa shape index (κ3) is 3.10. The van der Waals surface area contributed by atoms with Gasteiger partial charge in [0.05, 0.1) is 11.6 Å². The maximum Gasteiger partial charge on any atom is 0.0968 e. The second kappa shape index (κ2) is 6.04. The summed E-state index contributed by atoms with van der Waals surface area (Å²) in [6.07, 6.45) is 2.59. The highest BCUT2D eigenvalue weighted by Crippen LogP contribution is 2.26. The Morgan fingerprint density at radius 1 is 1.57 bits per heavy atom. The zero-order valence-corrected chi connectivity index (χ0v) is 9.22. The zero-order valence-electron chi connectivity index (χ0n) is 9.22. The van der Waals surface area contributed by atoms with Gasteiger partial charge in [0.2, 0.25) is 0 Å². The van der Waals surface area contributed by atoms with Crippen LogP contribution in [0.25, 0.3) is 0 Å². The van der Waals surface area contributed by atoms with Crippen LogP contribution in [0.4, 0.5) is 0 Å². The van der Waals surface area contributed by atoms with Crippen LogP contribution in [-0.2, 0) is 0 Å². The fraction of sp³-hybridized carbons (Fsp3) is 0.417. The van der Waals surface area contributed by atoms with Crippen molar-refractivity contribution in [2.24, 2.45) is 5.92 Å². The van der Waals surface area contributed by atoms with E-state index in [1.54, 1.807) is 13.2 Å². The summed E-state index contributed by atoms with van der Waals surface area (Å²) in [6, 6.07) is 2.19. The molecule has 0 radical (unpaired) electrons. The van der Waals surface area contributed by atoms with Crippen molar-refractivity contribution in [1.29, 1.82) is 5.26 Å². The second-order valence-corrected chi connectivity index (χ2v) is 3.27. The number of nitrogens with zero attached hydrogens (tertiary/aromatic N) is 1. The van der Waals surface area contributed by atoms with E-state index in [0.717, 1.165) is 17.6 Å². The molecule has 76 valence electrons. The van der Waals surface area contributed by atoms with Gasteiger partial charge in [0.15, 0.2) is 0 Å². The molecule has 0 aromatic heterocycles. The van der Waals surface area contributed by atoms with Crippen molar-refractivity contribution < 1.29 is 0 Å². The molecule has 0 saturated carbocycles. The summed E-state index contributed by atoms with van der Waals surface area (Å²) in [4.78, 5) is 0. The molecule has 0 rings (SSSR count). The first-order valence-corrected chi connectivity index (χ1v) is 4.70. The predicted octanol–water partition coefficient (Wildman–Crippen LogP) is 2.77. The molecular weight excluding hydrogens is 172 g/mol. The first-order valence-electron chi connectivity index (χ1n) is 4.70. The van der Waals surface area contributed by atoms with Gasteiger partial charge in [-0.1, -0.05) is 25.7 Å². The van der Waals surface area contributed by atoms with Crippen molar-refractivity contribution in [3.63, 3.8) is 0 Å². The van der Waals surface area contributed by atoms with Crippen molar-refractivity contribution in [2.45, 2.75) is 20.3 Å². The van der Waals surface area contributed by atoms with E-state index in [1.165, 1.54) is 0 Å². The first-order chi connectivity index (χ1) is 6.58. The summed E-state index contributed by atoms with van der Waals surface area (Å²) >= 11 is 0. The van der Waals surface area contributed by atoms with E-state index in [2.05, 4.69) is 24.5 Å². The Kier molecular flexibility index (Phi) is 5.40.